The molecule has 0 saturated carbocycles. The first-order chi connectivity index (χ1) is 9.58. The molecule has 1 aliphatic heterocycles. The van der Waals surface area contributed by atoms with E-state index in [1.807, 2.05) is 0 Å². The summed E-state index contributed by atoms with van der Waals surface area (Å²) < 4.78 is 33.0. The highest BCUT2D eigenvalue weighted by molar-refractivity contribution is 5.82. The van der Waals surface area contributed by atoms with Gasteiger partial charge in [-0.05, 0) is 18.6 Å². The fourth-order valence-electron chi connectivity index (χ4n) is 1.89. The number of phenols is 1. The summed E-state index contributed by atoms with van der Waals surface area (Å²) in [5, 5.41) is 9.78. The highest BCUT2D eigenvalue weighted by Crippen LogP contribution is 2.31. The van der Waals surface area contributed by atoms with Crippen LogP contribution in [0.1, 0.15) is 18.1 Å². The number of nitrogens with zero attached hydrogens (tertiary/aromatic N) is 1. The summed E-state index contributed by atoms with van der Waals surface area (Å²) in [6, 6.07) is 1.18. The molecule has 1 aromatic rings. The normalized spacial score (nSPS) is 13.8. The third-order valence-electron chi connectivity index (χ3n) is 2.92. The first-order valence-electron chi connectivity index (χ1n) is 6.03. The van der Waals surface area contributed by atoms with E-state index in [1.54, 1.807) is 6.92 Å². The lowest BCUT2D eigenvalue weighted by atomic mass is 10.0. The van der Waals surface area contributed by atoms with Crippen molar-refractivity contribution in [3.05, 3.63) is 52.6 Å². The van der Waals surface area contributed by atoms with Crippen LogP contribution in [-0.4, -0.2) is 18.4 Å². The molecule has 0 fully saturated rings. The number of benzene rings is 1. The van der Waals surface area contributed by atoms with Crippen LogP contribution >= 0.6 is 0 Å². The second-order valence-electron chi connectivity index (χ2n) is 4.09. The lowest BCUT2D eigenvalue weighted by molar-refractivity contribution is 0.289. The molecule has 104 valence electrons. The molecule has 0 amide bonds. The minimum Gasteiger partial charge on any atom is -0.508 e. The zero-order valence-electron chi connectivity index (χ0n) is 11.1. The molecule has 5 heteroatoms. The van der Waals surface area contributed by atoms with Crippen molar-refractivity contribution in [2.75, 3.05) is 7.11 Å². The van der Waals surface area contributed by atoms with Crippen LogP contribution in [0.2, 0.25) is 0 Å². The molecule has 2 rings (SSSR count). The van der Waals surface area contributed by atoms with Crippen LogP contribution in [0.5, 0.6) is 5.75 Å². The summed E-state index contributed by atoms with van der Waals surface area (Å²) in [5.41, 5.74) is 2.87. The van der Waals surface area contributed by atoms with Crippen molar-refractivity contribution in [3.63, 3.8) is 0 Å². The van der Waals surface area contributed by atoms with Crippen LogP contribution in [0, 0.1) is 11.6 Å². The predicted octanol–water partition coefficient (Wildman–Crippen LogP) is 3.34. The molecule has 0 unspecified atom stereocenters. The van der Waals surface area contributed by atoms with Crippen LogP contribution in [0.25, 0.3) is 5.57 Å². The summed E-state index contributed by atoms with van der Waals surface area (Å²) in [6.45, 7) is 1.64. The Morgan fingerprint density at radius 2 is 2.10 bits per heavy atom. The number of aromatic hydroxyl groups is 1. The predicted molar refractivity (Wildman–Crippen MR) is 72.5 cm³/mol. The SMILES string of the molecule is CCc1c(O)cc(C2=C=CC=NC(OC)=C2)c(F)c1F. The molecule has 1 aromatic carbocycles. The first-order valence-corrected chi connectivity index (χ1v) is 6.03. The molecule has 3 nitrogen and oxygen atoms in total. The topological polar surface area (TPSA) is 41.8 Å². The second kappa shape index (κ2) is 5.72. The van der Waals surface area contributed by atoms with Gasteiger partial charge >= 0.3 is 0 Å². The van der Waals surface area contributed by atoms with Gasteiger partial charge in [0.1, 0.15) is 5.75 Å². The molecule has 0 saturated heterocycles. The van der Waals surface area contributed by atoms with Crippen LogP contribution in [0.4, 0.5) is 8.78 Å². The number of hydrogen-bond acceptors (Lipinski definition) is 3. The smallest absolute Gasteiger partial charge is 0.214 e. The number of aliphatic imine (C=N–C) groups is 1. The molecule has 1 aliphatic rings. The Morgan fingerprint density at radius 3 is 2.75 bits per heavy atom. The van der Waals surface area contributed by atoms with Crippen LogP contribution in [-0.2, 0) is 11.2 Å². The number of methoxy groups -OCH3 is 1. The maximum absolute atomic E-state index is 14.1. The number of halogens is 2. The number of hydrogen-bond donors (Lipinski definition) is 1. The lowest BCUT2D eigenvalue weighted by Crippen LogP contribution is -1.99. The Hall–Kier alpha value is -2.39. The minimum atomic E-state index is -1.05. The molecule has 0 bridgehead atoms. The second-order valence-corrected chi connectivity index (χ2v) is 4.09. The Bertz CT molecular complexity index is 669. The van der Waals surface area contributed by atoms with E-state index in [1.165, 1.54) is 31.5 Å². The fourth-order valence-corrected chi connectivity index (χ4v) is 1.89. The Labute approximate surface area is 115 Å². The number of phenolic OH excluding ortho intramolecular Hbond substituents is 1. The summed E-state index contributed by atoms with van der Waals surface area (Å²) in [5.74, 6) is -2.12. The van der Waals surface area contributed by atoms with Crippen molar-refractivity contribution in [3.8, 4) is 5.75 Å². The van der Waals surface area contributed by atoms with E-state index >= 15 is 0 Å². The highest BCUT2D eigenvalue weighted by atomic mass is 19.2. The third kappa shape index (κ3) is 2.49. The molecular weight excluding hydrogens is 264 g/mol. The first kappa shape index (κ1) is 14.0. The molecule has 1 heterocycles. The monoisotopic (exact) mass is 277 g/mol. The Balaban J connectivity index is 2.62. The summed E-state index contributed by atoms with van der Waals surface area (Å²) >= 11 is 0. The molecule has 20 heavy (non-hydrogen) atoms. The van der Waals surface area contributed by atoms with Gasteiger partial charge in [0.2, 0.25) is 5.88 Å². The average molecular weight is 277 g/mol. The van der Waals surface area contributed by atoms with Gasteiger partial charge in [-0.3, -0.25) is 0 Å². The Kier molecular flexibility index (Phi) is 4.01. The van der Waals surface area contributed by atoms with E-state index in [0.717, 1.165) is 0 Å². The molecule has 0 aliphatic carbocycles. The van der Waals surface area contributed by atoms with Crippen molar-refractivity contribution in [1.29, 1.82) is 0 Å². The van der Waals surface area contributed by atoms with E-state index in [0.29, 0.717) is 0 Å². The van der Waals surface area contributed by atoms with Gasteiger partial charge in [0.05, 0.1) is 7.11 Å². The molecule has 0 aromatic heterocycles. The summed E-state index contributed by atoms with van der Waals surface area (Å²) in [6.07, 6.45) is 4.51. The van der Waals surface area contributed by atoms with Crippen molar-refractivity contribution >= 4 is 11.8 Å². The fraction of sp³-hybridized carbons (Fsp3) is 0.200. The van der Waals surface area contributed by atoms with Gasteiger partial charge in [0.25, 0.3) is 0 Å². The zero-order valence-corrected chi connectivity index (χ0v) is 11.1. The summed E-state index contributed by atoms with van der Waals surface area (Å²) in [7, 11) is 1.42. The van der Waals surface area contributed by atoms with Crippen molar-refractivity contribution in [2.45, 2.75) is 13.3 Å². The average Bonchev–Trinajstić information content (AvgIpc) is 2.68. The summed E-state index contributed by atoms with van der Waals surface area (Å²) in [4.78, 5) is 3.92. The highest BCUT2D eigenvalue weighted by Gasteiger charge is 2.19. The zero-order chi connectivity index (χ0) is 14.7. The van der Waals surface area contributed by atoms with Gasteiger partial charge < -0.3 is 9.84 Å². The van der Waals surface area contributed by atoms with Crippen molar-refractivity contribution in [2.24, 2.45) is 4.99 Å². The van der Waals surface area contributed by atoms with Crippen LogP contribution in [0.3, 0.4) is 0 Å². The Morgan fingerprint density at radius 1 is 1.35 bits per heavy atom. The van der Waals surface area contributed by atoms with Gasteiger partial charge in [-0.2, -0.15) is 0 Å². The van der Waals surface area contributed by atoms with E-state index in [9.17, 15) is 13.9 Å². The molecule has 0 atom stereocenters. The van der Waals surface area contributed by atoms with E-state index in [4.69, 9.17) is 4.74 Å². The molecule has 0 radical (unpaired) electrons. The minimum absolute atomic E-state index is 0.0448. The van der Waals surface area contributed by atoms with Crippen LogP contribution < -0.4 is 0 Å². The molecule has 1 N–H and O–H groups in total. The van der Waals surface area contributed by atoms with Crippen molar-refractivity contribution < 1.29 is 18.6 Å². The van der Waals surface area contributed by atoms with E-state index in [-0.39, 0.29) is 34.8 Å². The number of rotatable bonds is 3. The molecular formula is C15H13F2NO2. The maximum Gasteiger partial charge on any atom is 0.214 e. The standard InChI is InChI=1S/C15H13F2NO2/c1-3-10-12(19)8-11(15(17)14(10)16)9-5-4-6-18-13(7-9)20-2/h4,6-8,19H,3H2,1-2H3. The van der Waals surface area contributed by atoms with E-state index < -0.39 is 11.6 Å². The third-order valence-corrected chi connectivity index (χ3v) is 2.92. The van der Waals surface area contributed by atoms with Gasteiger partial charge in [0, 0.05) is 29.0 Å². The number of allylic oxidation sites excluding steroid dienone is 2. The van der Waals surface area contributed by atoms with E-state index in [2.05, 4.69) is 10.7 Å². The quantitative estimate of drug-likeness (QED) is 0.861. The van der Waals surface area contributed by atoms with Gasteiger partial charge in [-0.1, -0.05) is 6.92 Å². The lowest BCUT2D eigenvalue weighted by Gasteiger charge is -2.09. The maximum atomic E-state index is 14.1. The van der Waals surface area contributed by atoms with Crippen molar-refractivity contribution in [1.82, 2.24) is 0 Å². The largest absolute Gasteiger partial charge is 0.508 e. The molecule has 0 spiro atoms. The number of ether oxygens (including phenoxy) is 1. The van der Waals surface area contributed by atoms with Crippen LogP contribution in [0.15, 0.2) is 34.8 Å². The van der Waals surface area contributed by atoms with Gasteiger partial charge in [-0.25, -0.2) is 13.8 Å². The van der Waals surface area contributed by atoms with Gasteiger partial charge in [0.15, 0.2) is 11.6 Å². The van der Waals surface area contributed by atoms with Gasteiger partial charge in [-0.15, -0.1) is 5.73 Å².